The maximum absolute atomic E-state index is 5.95. The number of methoxy groups -OCH3 is 1. The summed E-state index contributed by atoms with van der Waals surface area (Å²) >= 11 is 5.95. The first-order valence-electron chi connectivity index (χ1n) is 6.51. The summed E-state index contributed by atoms with van der Waals surface area (Å²) in [6.07, 6.45) is 0. The maximum atomic E-state index is 5.95. The molecule has 0 radical (unpaired) electrons. The van der Waals surface area contributed by atoms with Gasteiger partial charge in [0.15, 0.2) is 5.82 Å². The van der Waals surface area contributed by atoms with E-state index in [1.54, 1.807) is 7.11 Å². The fraction of sp³-hybridized carbons (Fsp3) is 0.125. The first-order valence-corrected chi connectivity index (χ1v) is 6.89. The van der Waals surface area contributed by atoms with Crippen molar-refractivity contribution in [3.63, 3.8) is 0 Å². The van der Waals surface area contributed by atoms with E-state index in [-0.39, 0.29) is 0 Å². The van der Waals surface area contributed by atoms with Crippen molar-refractivity contribution in [2.45, 2.75) is 6.92 Å². The average Bonchev–Trinajstić information content (AvgIpc) is 2.90. The molecule has 0 bridgehead atoms. The third kappa shape index (κ3) is 2.62. The molecule has 0 aliphatic rings. The lowest BCUT2D eigenvalue weighted by Gasteiger charge is -2.09. The summed E-state index contributed by atoms with van der Waals surface area (Å²) in [6.45, 7) is 1.93. The van der Waals surface area contributed by atoms with E-state index < -0.39 is 0 Å². The molecule has 0 fully saturated rings. The molecule has 2 aromatic carbocycles. The van der Waals surface area contributed by atoms with E-state index in [9.17, 15) is 0 Å². The third-order valence-electron chi connectivity index (χ3n) is 3.26. The van der Waals surface area contributed by atoms with Crippen molar-refractivity contribution in [2.24, 2.45) is 0 Å². The van der Waals surface area contributed by atoms with Gasteiger partial charge in [0.05, 0.1) is 7.11 Å². The number of halogens is 1. The molecule has 0 aliphatic carbocycles. The van der Waals surface area contributed by atoms with Crippen molar-refractivity contribution in [3.8, 4) is 22.8 Å². The Morgan fingerprint density at radius 2 is 1.62 bits per heavy atom. The highest BCUT2D eigenvalue weighted by Gasteiger charge is 2.12. The second-order valence-corrected chi connectivity index (χ2v) is 5.05. The largest absolute Gasteiger partial charge is 0.497 e. The molecular weight excluding hydrogens is 286 g/mol. The van der Waals surface area contributed by atoms with Crippen LogP contribution in [-0.2, 0) is 0 Å². The van der Waals surface area contributed by atoms with Crippen LogP contribution in [0.15, 0.2) is 48.5 Å². The number of aromatic nitrogens is 3. The van der Waals surface area contributed by atoms with Crippen molar-refractivity contribution in [2.75, 3.05) is 7.11 Å². The first kappa shape index (κ1) is 13.6. The maximum Gasteiger partial charge on any atom is 0.168 e. The Morgan fingerprint density at radius 3 is 2.24 bits per heavy atom. The summed E-state index contributed by atoms with van der Waals surface area (Å²) in [5, 5.41) is 9.17. The number of benzene rings is 2. The number of hydrogen-bond acceptors (Lipinski definition) is 3. The van der Waals surface area contributed by atoms with Crippen LogP contribution in [0.5, 0.6) is 5.75 Å². The van der Waals surface area contributed by atoms with Gasteiger partial charge in [0.2, 0.25) is 0 Å². The van der Waals surface area contributed by atoms with Crippen molar-refractivity contribution < 1.29 is 4.74 Å². The van der Waals surface area contributed by atoms with E-state index >= 15 is 0 Å². The molecule has 3 rings (SSSR count). The molecule has 1 heterocycles. The van der Waals surface area contributed by atoms with Crippen LogP contribution in [-0.4, -0.2) is 21.9 Å². The molecule has 0 amide bonds. The van der Waals surface area contributed by atoms with Crippen LogP contribution < -0.4 is 4.74 Å². The van der Waals surface area contributed by atoms with Crippen molar-refractivity contribution >= 4 is 11.6 Å². The minimum Gasteiger partial charge on any atom is -0.497 e. The molecule has 0 spiro atoms. The quantitative estimate of drug-likeness (QED) is 0.736. The van der Waals surface area contributed by atoms with Gasteiger partial charge >= 0.3 is 0 Å². The zero-order valence-corrected chi connectivity index (χ0v) is 12.5. The van der Waals surface area contributed by atoms with Crippen molar-refractivity contribution in [3.05, 3.63) is 59.4 Å². The second kappa shape index (κ2) is 5.58. The predicted molar refractivity (Wildman–Crippen MR) is 83.1 cm³/mol. The van der Waals surface area contributed by atoms with E-state index in [2.05, 4.69) is 10.2 Å². The Morgan fingerprint density at radius 1 is 0.952 bits per heavy atom. The molecule has 0 atom stereocenters. The molecule has 0 saturated heterocycles. The molecular formula is C16H14ClN3O. The minimum atomic E-state index is 0.704. The van der Waals surface area contributed by atoms with Crippen LogP contribution in [0.4, 0.5) is 0 Å². The lowest BCUT2D eigenvalue weighted by atomic mass is 10.2. The summed E-state index contributed by atoms with van der Waals surface area (Å²) in [5.41, 5.74) is 1.96. The highest BCUT2D eigenvalue weighted by Crippen LogP contribution is 2.25. The Kier molecular flexibility index (Phi) is 3.62. The zero-order valence-electron chi connectivity index (χ0n) is 11.7. The lowest BCUT2D eigenvalue weighted by molar-refractivity contribution is 0.415. The van der Waals surface area contributed by atoms with E-state index in [4.69, 9.17) is 16.3 Å². The molecule has 5 heteroatoms. The molecule has 1 aromatic heterocycles. The smallest absolute Gasteiger partial charge is 0.168 e. The van der Waals surface area contributed by atoms with Gasteiger partial charge in [-0.3, -0.25) is 4.57 Å². The monoisotopic (exact) mass is 299 g/mol. The van der Waals surface area contributed by atoms with Gasteiger partial charge in [-0.1, -0.05) is 11.6 Å². The summed E-state index contributed by atoms with van der Waals surface area (Å²) in [5.74, 6) is 2.42. The first-order chi connectivity index (χ1) is 10.2. The van der Waals surface area contributed by atoms with Gasteiger partial charge < -0.3 is 4.74 Å². The summed E-state index contributed by atoms with van der Waals surface area (Å²) in [7, 11) is 1.65. The molecule has 4 nitrogen and oxygen atoms in total. The van der Waals surface area contributed by atoms with Crippen LogP contribution >= 0.6 is 11.6 Å². The van der Waals surface area contributed by atoms with Gasteiger partial charge in [0.25, 0.3) is 0 Å². The van der Waals surface area contributed by atoms with Gasteiger partial charge in [0.1, 0.15) is 11.6 Å². The van der Waals surface area contributed by atoms with Crippen LogP contribution in [0.3, 0.4) is 0 Å². The highest BCUT2D eigenvalue weighted by molar-refractivity contribution is 6.30. The van der Waals surface area contributed by atoms with Gasteiger partial charge in [-0.15, -0.1) is 10.2 Å². The Bertz CT molecular complexity index is 748. The van der Waals surface area contributed by atoms with Crippen LogP contribution in [0.2, 0.25) is 5.02 Å². The van der Waals surface area contributed by atoms with Crippen LogP contribution in [0, 0.1) is 6.92 Å². The molecule has 0 aliphatic heterocycles. The summed E-state index contributed by atoms with van der Waals surface area (Å²) in [4.78, 5) is 0. The standard InChI is InChI=1S/C16H14ClN3O/c1-11-18-19-16(12-3-9-15(21-2)10-4-12)20(11)14-7-5-13(17)6-8-14/h3-10H,1-2H3. The Labute approximate surface area is 128 Å². The molecule has 0 unspecified atom stereocenters. The number of rotatable bonds is 3. The topological polar surface area (TPSA) is 39.9 Å². The highest BCUT2D eigenvalue weighted by atomic mass is 35.5. The Hall–Kier alpha value is -2.33. The SMILES string of the molecule is COc1ccc(-c2nnc(C)n2-c2ccc(Cl)cc2)cc1. The number of nitrogens with zero attached hydrogens (tertiary/aromatic N) is 3. The van der Waals surface area contributed by atoms with E-state index in [1.165, 1.54) is 0 Å². The van der Waals surface area contributed by atoms with Gasteiger partial charge in [-0.05, 0) is 55.5 Å². The number of hydrogen-bond donors (Lipinski definition) is 0. The van der Waals surface area contributed by atoms with E-state index in [0.29, 0.717) is 5.02 Å². The molecule has 3 aromatic rings. The van der Waals surface area contributed by atoms with Crippen molar-refractivity contribution in [1.82, 2.24) is 14.8 Å². The minimum absolute atomic E-state index is 0.704. The van der Waals surface area contributed by atoms with E-state index in [0.717, 1.165) is 28.6 Å². The molecule has 0 saturated carbocycles. The van der Waals surface area contributed by atoms with Crippen LogP contribution in [0.25, 0.3) is 17.1 Å². The van der Waals surface area contributed by atoms with E-state index in [1.807, 2.05) is 60.0 Å². The van der Waals surface area contributed by atoms with Gasteiger partial charge in [-0.25, -0.2) is 0 Å². The Balaban J connectivity index is 2.09. The number of aryl methyl sites for hydroxylation is 1. The molecule has 0 N–H and O–H groups in total. The summed E-state index contributed by atoms with van der Waals surface area (Å²) in [6, 6.07) is 15.4. The lowest BCUT2D eigenvalue weighted by Crippen LogP contribution is -1.99. The fourth-order valence-corrected chi connectivity index (χ4v) is 2.31. The van der Waals surface area contributed by atoms with Gasteiger partial charge in [-0.2, -0.15) is 0 Å². The third-order valence-corrected chi connectivity index (χ3v) is 3.51. The summed E-state index contributed by atoms with van der Waals surface area (Å²) < 4.78 is 7.18. The fourth-order valence-electron chi connectivity index (χ4n) is 2.19. The zero-order chi connectivity index (χ0) is 14.8. The van der Waals surface area contributed by atoms with Crippen molar-refractivity contribution in [1.29, 1.82) is 0 Å². The normalized spacial score (nSPS) is 10.6. The second-order valence-electron chi connectivity index (χ2n) is 4.61. The molecule has 21 heavy (non-hydrogen) atoms. The number of ether oxygens (including phenoxy) is 1. The predicted octanol–water partition coefficient (Wildman–Crippen LogP) is 3.90. The van der Waals surface area contributed by atoms with Crippen LogP contribution in [0.1, 0.15) is 5.82 Å². The molecule has 106 valence electrons. The van der Waals surface area contributed by atoms with Gasteiger partial charge in [0, 0.05) is 16.3 Å². The average molecular weight is 300 g/mol.